The molecular weight excluding hydrogens is 292 g/mol. The van der Waals surface area contributed by atoms with Crippen molar-refractivity contribution in [2.45, 2.75) is 6.04 Å². The van der Waals surface area contributed by atoms with Crippen molar-refractivity contribution in [3.8, 4) is 0 Å². The summed E-state index contributed by atoms with van der Waals surface area (Å²) in [7, 11) is 0. The highest BCUT2D eigenvalue weighted by Crippen LogP contribution is 2.24. The molecule has 0 spiro atoms. The quantitative estimate of drug-likeness (QED) is 0.792. The van der Waals surface area contributed by atoms with Gasteiger partial charge < -0.3 is 16.2 Å². The zero-order valence-corrected chi connectivity index (χ0v) is 11.7. The van der Waals surface area contributed by atoms with Crippen molar-refractivity contribution in [3.05, 3.63) is 64.7 Å². The van der Waals surface area contributed by atoms with Crippen LogP contribution in [0.1, 0.15) is 22.0 Å². The van der Waals surface area contributed by atoms with Gasteiger partial charge in [0.25, 0.3) is 0 Å². The molecule has 1 amide bonds. The number of primary amides is 1. The first-order valence-corrected chi connectivity index (χ1v) is 6.50. The fourth-order valence-electron chi connectivity index (χ4n) is 1.90. The van der Waals surface area contributed by atoms with Crippen LogP contribution in [0.15, 0.2) is 48.5 Å². The summed E-state index contributed by atoms with van der Waals surface area (Å²) in [6.07, 6.45) is 0. The molecular formula is C15H13ClN2O3. The number of benzene rings is 2. The number of carboxylic acids is 1. The number of anilines is 1. The van der Waals surface area contributed by atoms with E-state index < -0.39 is 17.9 Å². The summed E-state index contributed by atoms with van der Waals surface area (Å²) < 4.78 is 0. The van der Waals surface area contributed by atoms with E-state index in [1.165, 1.54) is 12.1 Å². The van der Waals surface area contributed by atoms with Crippen molar-refractivity contribution < 1.29 is 14.7 Å². The van der Waals surface area contributed by atoms with Gasteiger partial charge in [-0.3, -0.25) is 4.79 Å². The third-order valence-electron chi connectivity index (χ3n) is 2.93. The maximum atomic E-state index is 11.4. The van der Waals surface area contributed by atoms with Crippen LogP contribution in [0.3, 0.4) is 0 Å². The van der Waals surface area contributed by atoms with Crippen molar-refractivity contribution in [2.24, 2.45) is 5.73 Å². The number of amides is 1. The van der Waals surface area contributed by atoms with Gasteiger partial charge >= 0.3 is 5.97 Å². The fourth-order valence-corrected chi connectivity index (χ4v) is 2.18. The summed E-state index contributed by atoms with van der Waals surface area (Å²) in [4.78, 5) is 22.5. The average Bonchev–Trinajstić information content (AvgIpc) is 2.45. The molecule has 2 aromatic rings. The Balaban J connectivity index is 2.28. The Kier molecular flexibility index (Phi) is 4.45. The Morgan fingerprint density at radius 2 is 1.81 bits per heavy atom. The number of hydrogen-bond acceptors (Lipinski definition) is 3. The Hall–Kier alpha value is -2.53. The monoisotopic (exact) mass is 304 g/mol. The summed E-state index contributed by atoms with van der Waals surface area (Å²) in [6, 6.07) is 12.3. The molecule has 0 aliphatic carbocycles. The lowest BCUT2D eigenvalue weighted by Crippen LogP contribution is -2.20. The standard InChI is InChI=1S/C15H13ClN2O3/c16-12-8-10(6-7-11(12)14(17)19)18-13(15(20)21)9-4-2-1-3-5-9/h1-8,13,18H,(H2,17,19)(H,20,21). The zero-order valence-electron chi connectivity index (χ0n) is 10.9. The molecule has 0 radical (unpaired) electrons. The summed E-state index contributed by atoms with van der Waals surface area (Å²) in [5.74, 6) is -1.65. The van der Waals surface area contributed by atoms with E-state index in [1.807, 2.05) is 0 Å². The maximum absolute atomic E-state index is 11.4. The van der Waals surface area contributed by atoms with E-state index in [4.69, 9.17) is 17.3 Å². The molecule has 21 heavy (non-hydrogen) atoms. The third kappa shape index (κ3) is 3.52. The van der Waals surface area contributed by atoms with Crippen LogP contribution in [0.2, 0.25) is 5.02 Å². The van der Waals surface area contributed by atoms with Crippen LogP contribution < -0.4 is 11.1 Å². The summed E-state index contributed by atoms with van der Waals surface area (Å²) in [5, 5.41) is 12.4. The van der Waals surface area contributed by atoms with E-state index in [-0.39, 0.29) is 10.6 Å². The molecule has 0 saturated carbocycles. The van der Waals surface area contributed by atoms with Gasteiger partial charge in [-0.2, -0.15) is 0 Å². The molecule has 108 valence electrons. The minimum absolute atomic E-state index is 0.171. The van der Waals surface area contributed by atoms with Crippen LogP contribution in [0.5, 0.6) is 0 Å². The minimum Gasteiger partial charge on any atom is -0.479 e. The lowest BCUT2D eigenvalue weighted by atomic mass is 10.1. The molecule has 0 bridgehead atoms. The van der Waals surface area contributed by atoms with Gasteiger partial charge in [0.1, 0.15) is 0 Å². The predicted octanol–water partition coefficient (Wildman–Crippen LogP) is 2.68. The van der Waals surface area contributed by atoms with Crippen molar-refractivity contribution in [3.63, 3.8) is 0 Å². The largest absolute Gasteiger partial charge is 0.479 e. The molecule has 0 fully saturated rings. The van der Waals surface area contributed by atoms with Crippen LogP contribution in [-0.2, 0) is 4.79 Å². The second-order valence-corrected chi connectivity index (χ2v) is 4.79. The molecule has 4 N–H and O–H groups in total. The molecule has 6 heteroatoms. The highest BCUT2D eigenvalue weighted by atomic mass is 35.5. The maximum Gasteiger partial charge on any atom is 0.330 e. The first-order chi connectivity index (χ1) is 9.99. The molecule has 0 saturated heterocycles. The van der Waals surface area contributed by atoms with Crippen molar-refractivity contribution in [1.29, 1.82) is 0 Å². The number of carbonyl (C=O) groups excluding carboxylic acids is 1. The lowest BCUT2D eigenvalue weighted by Gasteiger charge is -2.16. The lowest BCUT2D eigenvalue weighted by molar-refractivity contribution is -0.138. The Labute approximate surface area is 126 Å². The van der Waals surface area contributed by atoms with Gasteiger partial charge in [0, 0.05) is 5.69 Å². The van der Waals surface area contributed by atoms with Crippen LogP contribution in [0.25, 0.3) is 0 Å². The average molecular weight is 305 g/mol. The molecule has 0 aliphatic rings. The second kappa shape index (κ2) is 6.28. The van der Waals surface area contributed by atoms with Gasteiger partial charge in [-0.25, -0.2) is 4.79 Å². The molecule has 2 aromatic carbocycles. The second-order valence-electron chi connectivity index (χ2n) is 4.39. The number of nitrogens with one attached hydrogen (secondary N) is 1. The van der Waals surface area contributed by atoms with Gasteiger partial charge in [-0.1, -0.05) is 41.9 Å². The number of nitrogens with two attached hydrogens (primary N) is 1. The van der Waals surface area contributed by atoms with Crippen LogP contribution in [-0.4, -0.2) is 17.0 Å². The number of carboxylic acid groups (broad SMARTS) is 1. The summed E-state index contributed by atoms with van der Waals surface area (Å²) in [5.41, 5.74) is 6.45. The molecule has 1 atom stereocenters. The molecule has 2 rings (SSSR count). The van der Waals surface area contributed by atoms with Gasteiger partial charge in [0.2, 0.25) is 5.91 Å². The molecule has 5 nitrogen and oxygen atoms in total. The van der Waals surface area contributed by atoms with E-state index in [1.54, 1.807) is 36.4 Å². The van der Waals surface area contributed by atoms with Crippen molar-refractivity contribution in [2.75, 3.05) is 5.32 Å². The van der Waals surface area contributed by atoms with Crippen molar-refractivity contribution in [1.82, 2.24) is 0 Å². The fraction of sp³-hybridized carbons (Fsp3) is 0.0667. The minimum atomic E-state index is -1.02. The smallest absolute Gasteiger partial charge is 0.330 e. The number of hydrogen-bond donors (Lipinski definition) is 3. The van der Waals surface area contributed by atoms with E-state index in [9.17, 15) is 14.7 Å². The number of rotatable bonds is 5. The van der Waals surface area contributed by atoms with E-state index in [0.717, 1.165) is 0 Å². The predicted molar refractivity (Wildman–Crippen MR) is 80.4 cm³/mol. The zero-order chi connectivity index (χ0) is 15.4. The first kappa shape index (κ1) is 14.9. The normalized spacial score (nSPS) is 11.7. The topological polar surface area (TPSA) is 92.4 Å². The van der Waals surface area contributed by atoms with Crippen LogP contribution >= 0.6 is 11.6 Å². The highest BCUT2D eigenvalue weighted by Gasteiger charge is 2.19. The Morgan fingerprint density at radius 1 is 1.14 bits per heavy atom. The van der Waals surface area contributed by atoms with E-state index >= 15 is 0 Å². The molecule has 0 aromatic heterocycles. The van der Waals surface area contributed by atoms with Crippen LogP contribution in [0, 0.1) is 0 Å². The summed E-state index contributed by atoms with van der Waals surface area (Å²) in [6.45, 7) is 0. The highest BCUT2D eigenvalue weighted by molar-refractivity contribution is 6.34. The Bertz CT molecular complexity index is 674. The molecule has 0 aliphatic heterocycles. The first-order valence-electron chi connectivity index (χ1n) is 6.12. The SMILES string of the molecule is NC(=O)c1ccc(NC(C(=O)O)c2ccccc2)cc1Cl. The summed E-state index contributed by atoms with van der Waals surface area (Å²) >= 11 is 5.95. The van der Waals surface area contributed by atoms with Crippen molar-refractivity contribution >= 4 is 29.2 Å². The van der Waals surface area contributed by atoms with E-state index in [0.29, 0.717) is 11.3 Å². The number of aliphatic carboxylic acids is 1. The van der Waals surface area contributed by atoms with Gasteiger partial charge in [-0.15, -0.1) is 0 Å². The van der Waals surface area contributed by atoms with Crippen LogP contribution in [0.4, 0.5) is 5.69 Å². The molecule has 1 unspecified atom stereocenters. The molecule has 0 heterocycles. The third-order valence-corrected chi connectivity index (χ3v) is 3.24. The van der Waals surface area contributed by atoms with Gasteiger partial charge in [0.15, 0.2) is 6.04 Å². The Morgan fingerprint density at radius 3 is 2.33 bits per heavy atom. The van der Waals surface area contributed by atoms with E-state index in [2.05, 4.69) is 5.32 Å². The number of halogens is 1. The number of carbonyl (C=O) groups is 2. The van der Waals surface area contributed by atoms with Gasteiger partial charge in [-0.05, 0) is 23.8 Å². The van der Waals surface area contributed by atoms with Gasteiger partial charge in [0.05, 0.1) is 10.6 Å².